The van der Waals surface area contributed by atoms with E-state index in [1.54, 1.807) is 18.2 Å². The van der Waals surface area contributed by atoms with Crippen LogP contribution in [0.3, 0.4) is 0 Å². The first kappa shape index (κ1) is 16.6. The normalized spacial score (nSPS) is 19.1. The topological polar surface area (TPSA) is 38.8 Å². The summed E-state index contributed by atoms with van der Waals surface area (Å²) < 4.78 is 24.5. The van der Waals surface area contributed by atoms with E-state index < -0.39 is 0 Å². The van der Waals surface area contributed by atoms with Crippen LogP contribution in [0.2, 0.25) is 0 Å². The molecule has 1 atom stereocenters. The third-order valence-corrected chi connectivity index (χ3v) is 4.75. The Morgan fingerprint density at radius 2 is 1.96 bits per heavy atom. The zero-order valence-electron chi connectivity index (χ0n) is 14.4. The van der Waals surface area contributed by atoms with Crippen molar-refractivity contribution < 1.29 is 18.7 Å². The van der Waals surface area contributed by atoms with Crippen LogP contribution in [-0.2, 0) is 4.79 Å². The Hall–Kier alpha value is -2.82. The molecular weight excluding hydrogens is 333 g/mol. The second-order valence-electron chi connectivity index (χ2n) is 6.48. The zero-order valence-corrected chi connectivity index (χ0v) is 14.4. The standard InChI is InChI=1S/C21H20FNO3/c22-17-4-1-3-15(13-17)6-9-21(24)23-10-2-5-18(23)16-7-8-19-20(14-16)26-12-11-25-19/h1,3-4,6-9,13-14,18H,2,5,10-12H2. The van der Waals surface area contributed by atoms with Crippen LogP contribution in [0.5, 0.6) is 11.5 Å². The molecule has 0 radical (unpaired) electrons. The number of benzene rings is 2. The summed E-state index contributed by atoms with van der Waals surface area (Å²) in [6.07, 6.45) is 5.05. The van der Waals surface area contributed by atoms with Gasteiger partial charge in [-0.3, -0.25) is 4.79 Å². The molecule has 0 aliphatic carbocycles. The van der Waals surface area contributed by atoms with Crippen molar-refractivity contribution in [3.63, 3.8) is 0 Å². The van der Waals surface area contributed by atoms with Crippen LogP contribution in [0.15, 0.2) is 48.5 Å². The van der Waals surface area contributed by atoms with Crippen molar-refractivity contribution in [2.75, 3.05) is 19.8 Å². The van der Waals surface area contributed by atoms with Crippen LogP contribution in [0.4, 0.5) is 4.39 Å². The van der Waals surface area contributed by atoms with Gasteiger partial charge in [-0.15, -0.1) is 0 Å². The van der Waals surface area contributed by atoms with E-state index in [1.807, 2.05) is 23.1 Å². The van der Waals surface area contributed by atoms with Gasteiger partial charge in [0.1, 0.15) is 19.0 Å². The highest BCUT2D eigenvalue weighted by molar-refractivity contribution is 5.92. The molecule has 2 aromatic rings. The molecule has 1 unspecified atom stereocenters. The lowest BCUT2D eigenvalue weighted by molar-refractivity contribution is -0.126. The molecular formula is C21H20FNO3. The Balaban J connectivity index is 1.52. The Bertz CT molecular complexity index is 849. The molecule has 1 amide bonds. The van der Waals surface area contributed by atoms with Crippen LogP contribution in [0.1, 0.15) is 30.0 Å². The predicted molar refractivity (Wildman–Crippen MR) is 96.6 cm³/mol. The first-order chi connectivity index (χ1) is 12.7. The van der Waals surface area contributed by atoms with Gasteiger partial charge in [0, 0.05) is 12.6 Å². The van der Waals surface area contributed by atoms with Crippen LogP contribution >= 0.6 is 0 Å². The van der Waals surface area contributed by atoms with Crippen molar-refractivity contribution in [2.45, 2.75) is 18.9 Å². The number of halogens is 1. The molecule has 5 heteroatoms. The van der Waals surface area contributed by atoms with Gasteiger partial charge in [-0.25, -0.2) is 4.39 Å². The summed E-state index contributed by atoms with van der Waals surface area (Å²) in [7, 11) is 0. The number of hydrogen-bond donors (Lipinski definition) is 0. The summed E-state index contributed by atoms with van der Waals surface area (Å²) in [4.78, 5) is 14.5. The van der Waals surface area contributed by atoms with Gasteiger partial charge in [0.05, 0.1) is 6.04 Å². The zero-order chi connectivity index (χ0) is 17.9. The van der Waals surface area contributed by atoms with Gasteiger partial charge in [0.25, 0.3) is 0 Å². The maximum absolute atomic E-state index is 13.3. The summed E-state index contributed by atoms with van der Waals surface area (Å²) in [5.41, 5.74) is 1.73. The Kier molecular flexibility index (Phi) is 4.61. The minimum atomic E-state index is -0.310. The van der Waals surface area contributed by atoms with Crippen LogP contribution in [0, 0.1) is 5.82 Å². The minimum Gasteiger partial charge on any atom is -0.486 e. The van der Waals surface area contributed by atoms with Gasteiger partial charge in [-0.1, -0.05) is 18.2 Å². The number of fused-ring (bicyclic) bond motifs is 1. The maximum Gasteiger partial charge on any atom is 0.247 e. The van der Waals surface area contributed by atoms with E-state index in [0.29, 0.717) is 25.3 Å². The highest BCUT2D eigenvalue weighted by atomic mass is 19.1. The SMILES string of the molecule is O=C(C=Cc1cccc(F)c1)N1CCCC1c1ccc2c(c1)OCCO2. The fourth-order valence-electron chi connectivity index (χ4n) is 3.52. The molecule has 0 bridgehead atoms. The Morgan fingerprint density at radius 1 is 1.12 bits per heavy atom. The number of amides is 1. The molecule has 1 saturated heterocycles. The molecule has 2 heterocycles. The highest BCUT2D eigenvalue weighted by Crippen LogP contribution is 2.38. The first-order valence-corrected chi connectivity index (χ1v) is 8.84. The highest BCUT2D eigenvalue weighted by Gasteiger charge is 2.29. The van der Waals surface area contributed by atoms with Gasteiger partial charge in [-0.05, 0) is 54.3 Å². The number of carbonyl (C=O) groups is 1. The Labute approximate surface area is 151 Å². The summed E-state index contributed by atoms with van der Waals surface area (Å²) in [5, 5.41) is 0. The molecule has 1 fully saturated rings. The average Bonchev–Trinajstić information content (AvgIpc) is 3.16. The first-order valence-electron chi connectivity index (χ1n) is 8.84. The monoisotopic (exact) mass is 353 g/mol. The van der Waals surface area contributed by atoms with Crippen LogP contribution in [0.25, 0.3) is 6.08 Å². The molecule has 0 N–H and O–H groups in total. The molecule has 0 aromatic heterocycles. The van der Waals surface area contributed by atoms with E-state index in [1.165, 1.54) is 18.2 Å². The second-order valence-corrected chi connectivity index (χ2v) is 6.48. The summed E-state index contributed by atoms with van der Waals surface area (Å²) in [6, 6.07) is 12.1. The molecule has 2 aliphatic heterocycles. The van der Waals surface area contributed by atoms with Crippen molar-refractivity contribution in [2.24, 2.45) is 0 Å². The quantitative estimate of drug-likeness (QED) is 0.784. The van der Waals surface area contributed by atoms with Gasteiger partial charge in [-0.2, -0.15) is 0 Å². The molecule has 0 spiro atoms. The van der Waals surface area contributed by atoms with Crippen molar-refractivity contribution in [3.05, 3.63) is 65.5 Å². The van der Waals surface area contributed by atoms with Crippen molar-refractivity contribution in [1.82, 2.24) is 4.90 Å². The van der Waals surface area contributed by atoms with Crippen molar-refractivity contribution >= 4 is 12.0 Å². The molecule has 2 aromatic carbocycles. The Morgan fingerprint density at radius 3 is 2.81 bits per heavy atom. The van der Waals surface area contributed by atoms with Gasteiger partial charge in [0.15, 0.2) is 11.5 Å². The van der Waals surface area contributed by atoms with Crippen LogP contribution < -0.4 is 9.47 Å². The van der Waals surface area contributed by atoms with Crippen molar-refractivity contribution in [1.29, 1.82) is 0 Å². The number of likely N-dealkylation sites (tertiary alicyclic amines) is 1. The van der Waals surface area contributed by atoms with Crippen LogP contribution in [-0.4, -0.2) is 30.6 Å². The molecule has 2 aliphatic rings. The van der Waals surface area contributed by atoms with Gasteiger partial charge < -0.3 is 14.4 Å². The summed E-state index contributed by atoms with van der Waals surface area (Å²) >= 11 is 0. The van der Waals surface area contributed by atoms with Gasteiger partial charge >= 0.3 is 0 Å². The lowest BCUT2D eigenvalue weighted by atomic mass is 10.0. The number of carbonyl (C=O) groups excluding carboxylic acids is 1. The molecule has 4 nitrogen and oxygen atoms in total. The lowest BCUT2D eigenvalue weighted by Crippen LogP contribution is -2.29. The second kappa shape index (κ2) is 7.20. The lowest BCUT2D eigenvalue weighted by Gasteiger charge is -2.26. The third kappa shape index (κ3) is 3.43. The fourth-order valence-corrected chi connectivity index (χ4v) is 3.52. The van der Waals surface area contributed by atoms with E-state index in [4.69, 9.17) is 9.47 Å². The smallest absolute Gasteiger partial charge is 0.247 e. The van der Waals surface area contributed by atoms with E-state index in [0.717, 1.165) is 29.9 Å². The summed E-state index contributed by atoms with van der Waals surface area (Å²) in [6.45, 7) is 1.82. The number of rotatable bonds is 3. The van der Waals surface area contributed by atoms with E-state index >= 15 is 0 Å². The molecule has 4 rings (SSSR count). The van der Waals surface area contributed by atoms with Gasteiger partial charge in [0.2, 0.25) is 5.91 Å². The fraction of sp³-hybridized carbons (Fsp3) is 0.286. The predicted octanol–water partition coefficient (Wildman–Crippen LogP) is 3.97. The number of ether oxygens (including phenoxy) is 2. The third-order valence-electron chi connectivity index (χ3n) is 4.75. The average molecular weight is 353 g/mol. The molecule has 0 saturated carbocycles. The number of nitrogens with zero attached hydrogens (tertiary/aromatic N) is 1. The maximum atomic E-state index is 13.3. The molecule has 134 valence electrons. The van der Waals surface area contributed by atoms with Crippen molar-refractivity contribution in [3.8, 4) is 11.5 Å². The van der Waals surface area contributed by atoms with E-state index in [2.05, 4.69) is 0 Å². The summed E-state index contributed by atoms with van der Waals surface area (Å²) in [5.74, 6) is 1.12. The molecule has 26 heavy (non-hydrogen) atoms. The van der Waals surface area contributed by atoms with E-state index in [-0.39, 0.29) is 17.8 Å². The van der Waals surface area contributed by atoms with E-state index in [9.17, 15) is 9.18 Å². The number of hydrogen-bond acceptors (Lipinski definition) is 3. The minimum absolute atomic E-state index is 0.0236. The largest absolute Gasteiger partial charge is 0.486 e.